The topological polar surface area (TPSA) is 104 Å². The zero-order chi connectivity index (χ0) is 21.6. The summed E-state index contributed by atoms with van der Waals surface area (Å²) in [5.41, 5.74) is 0.551. The van der Waals surface area contributed by atoms with Gasteiger partial charge in [0.05, 0.1) is 19.3 Å². The first-order chi connectivity index (χ1) is 14.2. The number of rotatable bonds is 1. The molecular formula is C22H26O8. The van der Waals surface area contributed by atoms with Gasteiger partial charge in [-0.15, -0.1) is 0 Å². The van der Waals surface area contributed by atoms with Crippen LogP contribution in [0.1, 0.15) is 55.6 Å². The molecule has 8 nitrogen and oxygen atoms in total. The lowest BCUT2D eigenvalue weighted by atomic mass is 9.97. The summed E-state index contributed by atoms with van der Waals surface area (Å²) in [6, 6.07) is 3.03. The van der Waals surface area contributed by atoms with Crippen LogP contribution in [0.5, 0.6) is 11.5 Å². The molecule has 5 atom stereocenters. The largest absolute Gasteiger partial charge is 0.507 e. The number of epoxide rings is 1. The molecular weight excluding hydrogens is 392 g/mol. The van der Waals surface area contributed by atoms with Gasteiger partial charge in [-0.05, 0) is 32.9 Å². The first-order valence-corrected chi connectivity index (χ1v) is 10.0. The van der Waals surface area contributed by atoms with Gasteiger partial charge in [-0.1, -0.05) is 6.08 Å². The highest BCUT2D eigenvalue weighted by molar-refractivity contribution is 5.95. The summed E-state index contributed by atoms with van der Waals surface area (Å²) < 4.78 is 28.3. The molecule has 30 heavy (non-hydrogen) atoms. The normalized spacial score (nSPS) is 34.1. The Kier molecular flexibility index (Phi) is 5.34. The lowest BCUT2D eigenvalue weighted by Crippen LogP contribution is -2.31. The van der Waals surface area contributed by atoms with Crippen LogP contribution < -0.4 is 4.74 Å². The van der Waals surface area contributed by atoms with E-state index in [2.05, 4.69) is 0 Å². The minimum atomic E-state index is -0.886. The molecule has 3 heterocycles. The quantitative estimate of drug-likeness (QED) is 0.549. The molecule has 3 aliphatic rings. The van der Waals surface area contributed by atoms with Crippen LogP contribution in [0, 0.1) is 0 Å². The predicted molar refractivity (Wildman–Crippen MR) is 104 cm³/mol. The van der Waals surface area contributed by atoms with Crippen LogP contribution in [0.15, 0.2) is 24.3 Å². The van der Waals surface area contributed by atoms with Crippen LogP contribution >= 0.6 is 0 Å². The van der Waals surface area contributed by atoms with E-state index < -0.39 is 36.2 Å². The molecule has 0 aliphatic carbocycles. The van der Waals surface area contributed by atoms with Gasteiger partial charge in [0.15, 0.2) is 11.6 Å². The summed E-state index contributed by atoms with van der Waals surface area (Å²) >= 11 is 0. The van der Waals surface area contributed by atoms with E-state index in [4.69, 9.17) is 23.7 Å². The minimum absolute atomic E-state index is 0.0627. The van der Waals surface area contributed by atoms with Crippen LogP contribution in [0.4, 0.5) is 0 Å². The van der Waals surface area contributed by atoms with E-state index in [1.807, 2.05) is 0 Å². The van der Waals surface area contributed by atoms with E-state index >= 15 is 0 Å². The number of esters is 1. The highest BCUT2D eigenvalue weighted by atomic mass is 16.8. The molecule has 4 rings (SSSR count). The molecule has 2 saturated heterocycles. The molecule has 0 radical (unpaired) electrons. The second kappa shape index (κ2) is 7.68. The minimum Gasteiger partial charge on any atom is -0.507 e. The molecule has 1 N–H and O–H groups in total. The third-order valence-electron chi connectivity index (χ3n) is 5.44. The maximum Gasteiger partial charge on any atom is 0.342 e. The fourth-order valence-electron chi connectivity index (χ4n) is 4.02. The van der Waals surface area contributed by atoms with Gasteiger partial charge in [-0.25, -0.2) is 4.79 Å². The number of aromatic hydroxyl groups is 1. The Labute approximate surface area is 174 Å². The Hall–Kier alpha value is -2.42. The predicted octanol–water partition coefficient (Wildman–Crippen LogP) is 2.83. The Morgan fingerprint density at radius 2 is 1.90 bits per heavy atom. The van der Waals surface area contributed by atoms with Crippen LogP contribution in [0.2, 0.25) is 0 Å². The van der Waals surface area contributed by atoms with Crippen LogP contribution in [0.25, 0.3) is 0 Å². The van der Waals surface area contributed by atoms with Gasteiger partial charge in [0.1, 0.15) is 35.4 Å². The van der Waals surface area contributed by atoms with E-state index in [9.17, 15) is 14.7 Å². The Balaban J connectivity index is 1.70. The number of phenols is 1. The SMILES string of the molecule is COc1cc(O)c2c(c1)[C@H]1O[C@@H]1C[C@@H]1OC(C)(C)O[C@@H]1C(=O)/C=C\C[C@H](C)OC2=O. The maximum atomic E-state index is 12.8. The van der Waals surface area contributed by atoms with E-state index in [1.54, 1.807) is 32.9 Å². The second-order valence-electron chi connectivity index (χ2n) is 8.29. The van der Waals surface area contributed by atoms with E-state index in [1.165, 1.54) is 19.3 Å². The van der Waals surface area contributed by atoms with Gasteiger partial charge in [0.25, 0.3) is 0 Å². The summed E-state index contributed by atoms with van der Waals surface area (Å²) in [5, 5.41) is 10.5. The number of benzene rings is 1. The second-order valence-corrected chi connectivity index (χ2v) is 8.29. The lowest BCUT2D eigenvalue weighted by molar-refractivity contribution is -0.153. The molecule has 1 aromatic rings. The number of carbonyl (C=O) groups excluding carboxylic acids is 2. The van der Waals surface area contributed by atoms with Crippen molar-refractivity contribution in [2.75, 3.05) is 7.11 Å². The fourth-order valence-corrected chi connectivity index (χ4v) is 4.02. The number of carbonyl (C=O) groups is 2. The molecule has 0 amide bonds. The van der Waals surface area contributed by atoms with Gasteiger partial charge in [-0.3, -0.25) is 4.79 Å². The first kappa shape index (κ1) is 20.8. The summed E-state index contributed by atoms with van der Waals surface area (Å²) in [6.45, 7) is 5.25. The van der Waals surface area contributed by atoms with E-state index in [-0.39, 0.29) is 23.2 Å². The van der Waals surface area contributed by atoms with Crippen molar-refractivity contribution in [1.82, 2.24) is 0 Å². The van der Waals surface area contributed by atoms with Gasteiger partial charge in [0.2, 0.25) is 0 Å². The fraction of sp³-hybridized carbons (Fsp3) is 0.545. The highest BCUT2D eigenvalue weighted by Crippen LogP contribution is 2.48. The van der Waals surface area contributed by atoms with Crippen molar-refractivity contribution < 1.29 is 38.4 Å². The number of hydrogen-bond donors (Lipinski definition) is 1. The average molecular weight is 418 g/mol. The number of cyclic esters (lactones) is 1. The number of hydrogen-bond acceptors (Lipinski definition) is 8. The van der Waals surface area contributed by atoms with Gasteiger partial charge in [0, 0.05) is 24.5 Å². The smallest absolute Gasteiger partial charge is 0.342 e. The van der Waals surface area contributed by atoms with Crippen molar-refractivity contribution in [2.24, 2.45) is 0 Å². The van der Waals surface area contributed by atoms with Crippen molar-refractivity contribution in [3.63, 3.8) is 0 Å². The van der Waals surface area contributed by atoms with Crippen molar-refractivity contribution in [1.29, 1.82) is 0 Å². The average Bonchev–Trinajstić information content (AvgIpc) is 3.35. The monoisotopic (exact) mass is 418 g/mol. The molecule has 0 saturated carbocycles. The molecule has 0 unspecified atom stereocenters. The standard InChI is InChI=1S/C22H26O8/c1-11-6-5-7-14(23)20-17(29-22(2,3)30-20)10-16-19(28-16)13-8-12(26-4)9-15(24)18(13)21(25)27-11/h5,7-9,11,16-17,19-20,24H,6,10H2,1-4H3/b7-5-/t11-,16+,17-,19+,20+/m0/s1. The molecule has 0 spiro atoms. The van der Waals surface area contributed by atoms with Crippen molar-refractivity contribution in [2.45, 2.75) is 69.9 Å². The summed E-state index contributed by atoms with van der Waals surface area (Å²) in [4.78, 5) is 25.5. The van der Waals surface area contributed by atoms with Gasteiger partial charge < -0.3 is 28.8 Å². The zero-order valence-electron chi connectivity index (χ0n) is 17.4. The molecule has 2 fully saturated rings. The summed E-state index contributed by atoms with van der Waals surface area (Å²) in [5.74, 6) is -1.56. The number of ether oxygens (including phenoxy) is 5. The van der Waals surface area contributed by atoms with Crippen LogP contribution in [-0.4, -0.2) is 54.2 Å². The van der Waals surface area contributed by atoms with Crippen molar-refractivity contribution in [3.05, 3.63) is 35.4 Å². The third kappa shape index (κ3) is 4.08. The molecule has 162 valence electrons. The van der Waals surface area contributed by atoms with E-state index in [0.29, 0.717) is 24.2 Å². The van der Waals surface area contributed by atoms with E-state index in [0.717, 1.165) is 0 Å². The molecule has 1 aromatic carbocycles. The Morgan fingerprint density at radius 1 is 1.13 bits per heavy atom. The first-order valence-electron chi connectivity index (χ1n) is 10.0. The molecule has 0 bridgehead atoms. The van der Waals surface area contributed by atoms with Crippen LogP contribution in [0.3, 0.4) is 0 Å². The Bertz CT molecular complexity index is 889. The third-order valence-corrected chi connectivity index (χ3v) is 5.44. The molecule has 8 heteroatoms. The number of fused-ring (bicyclic) bond motifs is 4. The zero-order valence-corrected chi connectivity index (χ0v) is 17.4. The number of phenolic OH excluding ortho intramolecular Hbond substituents is 1. The van der Waals surface area contributed by atoms with Crippen LogP contribution in [-0.2, 0) is 23.7 Å². The van der Waals surface area contributed by atoms with Crippen molar-refractivity contribution >= 4 is 11.8 Å². The number of methoxy groups -OCH3 is 1. The van der Waals surface area contributed by atoms with Gasteiger partial charge >= 0.3 is 5.97 Å². The Morgan fingerprint density at radius 3 is 2.63 bits per heavy atom. The maximum absolute atomic E-state index is 12.8. The highest BCUT2D eigenvalue weighted by Gasteiger charge is 2.51. The summed E-state index contributed by atoms with van der Waals surface area (Å²) in [6.07, 6.45) is 1.37. The molecule has 3 aliphatic heterocycles. The number of ketones is 1. The molecule has 0 aromatic heterocycles. The van der Waals surface area contributed by atoms with Crippen molar-refractivity contribution in [3.8, 4) is 11.5 Å². The summed E-state index contributed by atoms with van der Waals surface area (Å²) in [7, 11) is 1.48. The lowest BCUT2D eigenvalue weighted by Gasteiger charge is -2.17. The van der Waals surface area contributed by atoms with Gasteiger partial charge in [-0.2, -0.15) is 0 Å².